The first-order chi connectivity index (χ1) is 9.88. The van der Waals surface area contributed by atoms with E-state index in [4.69, 9.17) is 10.5 Å². The quantitative estimate of drug-likeness (QED) is 0.663. The van der Waals surface area contributed by atoms with Crippen LogP contribution in [-0.2, 0) is 0 Å². The van der Waals surface area contributed by atoms with Gasteiger partial charge >= 0.3 is 17.3 Å². The van der Waals surface area contributed by atoms with Crippen molar-refractivity contribution < 1.29 is 19.0 Å². The molecule has 0 spiro atoms. The minimum absolute atomic E-state index is 0.319. The van der Waals surface area contributed by atoms with Gasteiger partial charge in [0.1, 0.15) is 12.0 Å². The molecule has 10 nitrogen and oxygen atoms in total. The van der Waals surface area contributed by atoms with Gasteiger partial charge in [-0.25, -0.2) is 9.37 Å². The summed E-state index contributed by atoms with van der Waals surface area (Å²) in [7, 11) is 0. The zero-order valence-electron chi connectivity index (χ0n) is 10.1. The third kappa shape index (κ3) is 2.97. The van der Waals surface area contributed by atoms with E-state index in [9.17, 15) is 24.6 Å². The van der Waals surface area contributed by atoms with Crippen molar-refractivity contribution in [2.45, 2.75) is 0 Å². The van der Waals surface area contributed by atoms with Gasteiger partial charge in [0.05, 0.1) is 15.9 Å². The van der Waals surface area contributed by atoms with Crippen molar-refractivity contribution in [3.63, 3.8) is 0 Å². The molecule has 0 fully saturated rings. The van der Waals surface area contributed by atoms with E-state index in [-0.39, 0.29) is 5.95 Å². The number of nitrogens with zero attached hydrogens (tertiary/aromatic N) is 4. The fraction of sp³-hybridized carbons (Fsp3) is 0. The zero-order chi connectivity index (χ0) is 15.6. The molecule has 2 aromatic rings. The van der Waals surface area contributed by atoms with Crippen LogP contribution in [0.4, 0.5) is 21.7 Å². The van der Waals surface area contributed by atoms with Crippen molar-refractivity contribution in [1.29, 1.82) is 0 Å². The Morgan fingerprint density at radius 3 is 2.48 bits per heavy atom. The molecule has 0 unspecified atom stereocenters. The lowest BCUT2D eigenvalue weighted by atomic mass is 10.3. The minimum Gasteiger partial charge on any atom is -0.426 e. The number of nitro benzene ring substituents is 1. The fourth-order valence-electron chi connectivity index (χ4n) is 1.40. The Hall–Kier alpha value is -3.37. The molecule has 2 rings (SSSR count). The first-order valence-electron chi connectivity index (χ1n) is 5.27. The number of nitrogens with two attached hydrogens (primary N) is 1. The highest BCUT2D eigenvalue weighted by Crippen LogP contribution is 2.34. The highest BCUT2D eigenvalue weighted by molar-refractivity contribution is 5.51. The van der Waals surface area contributed by atoms with Gasteiger partial charge in [0, 0.05) is 0 Å². The number of nitro groups is 2. The number of anilines is 1. The number of aromatic nitrogens is 2. The number of halogens is 1. The number of rotatable bonds is 4. The second-order valence-corrected chi connectivity index (χ2v) is 3.65. The average Bonchev–Trinajstić information content (AvgIpc) is 2.40. The van der Waals surface area contributed by atoms with E-state index in [0.717, 1.165) is 18.3 Å². The van der Waals surface area contributed by atoms with E-state index in [0.29, 0.717) is 6.07 Å². The van der Waals surface area contributed by atoms with E-state index < -0.39 is 38.7 Å². The highest BCUT2D eigenvalue weighted by Gasteiger charge is 2.23. The maximum absolute atomic E-state index is 13.0. The van der Waals surface area contributed by atoms with Crippen LogP contribution in [0.3, 0.4) is 0 Å². The zero-order valence-corrected chi connectivity index (χ0v) is 10.1. The number of hydrogen-bond acceptors (Lipinski definition) is 8. The lowest BCUT2D eigenvalue weighted by Crippen LogP contribution is -2.02. The maximum atomic E-state index is 13.0. The van der Waals surface area contributed by atoms with Crippen LogP contribution in [0.5, 0.6) is 11.6 Å². The first kappa shape index (κ1) is 14.0. The maximum Gasteiger partial charge on any atom is 0.349 e. The fourth-order valence-corrected chi connectivity index (χ4v) is 1.40. The molecule has 1 aromatic carbocycles. The largest absolute Gasteiger partial charge is 0.426 e. The highest BCUT2D eigenvalue weighted by atomic mass is 19.1. The molecule has 0 saturated carbocycles. The van der Waals surface area contributed by atoms with Gasteiger partial charge in [-0.05, 0) is 12.1 Å². The van der Waals surface area contributed by atoms with Gasteiger partial charge in [0.15, 0.2) is 0 Å². The summed E-state index contributed by atoms with van der Waals surface area (Å²) < 4.78 is 18.0. The number of nitrogen functional groups attached to an aromatic ring is 1. The van der Waals surface area contributed by atoms with Gasteiger partial charge in [-0.1, -0.05) is 0 Å². The van der Waals surface area contributed by atoms with Crippen LogP contribution in [0.25, 0.3) is 0 Å². The lowest BCUT2D eigenvalue weighted by Gasteiger charge is -2.06. The number of hydrogen-bond donors (Lipinski definition) is 1. The Bertz CT molecular complexity index is 738. The van der Waals surface area contributed by atoms with Crippen molar-refractivity contribution in [2.75, 3.05) is 5.73 Å². The van der Waals surface area contributed by atoms with E-state index >= 15 is 0 Å². The molecule has 21 heavy (non-hydrogen) atoms. The predicted molar refractivity (Wildman–Crippen MR) is 66.2 cm³/mol. The summed E-state index contributed by atoms with van der Waals surface area (Å²) in [5.74, 6) is -2.17. The summed E-state index contributed by atoms with van der Waals surface area (Å²) in [5.41, 5.74) is 3.94. The van der Waals surface area contributed by atoms with Gasteiger partial charge in [-0.2, -0.15) is 4.98 Å². The van der Waals surface area contributed by atoms with Crippen LogP contribution < -0.4 is 10.5 Å². The molecule has 1 aromatic heterocycles. The van der Waals surface area contributed by atoms with E-state index in [1.165, 1.54) is 0 Å². The molecule has 0 aliphatic rings. The van der Waals surface area contributed by atoms with Crippen molar-refractivity contribution in [1.82, 2.24) is 9.97 Å². The van der Waals surface area contributed by atoms with Gasteiger partial charge in [0.25, 0.3) is 0 Å². The van der Waals surface area contributed by atoms with E-state index in [1.807, 2.05) is 0 Å². The van der Waals surface area contributed by atoms with E-state index in [1.54, 1.807) is 0 Å². The summed E-state index contributed by atoms with van der Waals surface area (Å²) >= 11 is 0. The minimum atomic E-state index is -0.894. The monoisotopic (exact) mass is 295 g/mol. The summed E-state index contributed by atoms with van der Waals surface area (Å²) in [6, 6.07) is 2.47. The molecule has 2 N–H and O–H groups in total. The first-order valence-corrected chi connectivity index (χ1v) is 5.27. The van der Waals surface area contributed by atoms with Crippen molar-refractivity contribution in [3.05, 3.63) is 50.4 Å². The number of ether oxygens (including phenoxy) is 1. The Kier molecular flexibility index (Phi) is 3.56. The summed E-state index contributed by atoms with van der Waals surface area (Å²) in [4.78, 5) is 26.8. The SMILES string of the molecule is Nc1ncc([N+](=O)[O-])c(Oc2ccc(F)cc2[N+](=O)[O-])n1. The van der Waals surface area contributed by atoms with Crippen LogP contribution in [0.15, 0.2) is 24.4 Å². The Balaban J connectivity index is 2.50. The Labute approximate surface area is 115 Å². The standard InChI is InChI=1S/C10H6FN5O5/c11-5-1-2-8(6(3-5)15(17)18)21-9-7(16(19)20)4-13-10(12)14-9/h1-4H,(H2,12,13,14). The molecule has 108 valence electrons. The second-order valence-electron chi connectivity index (χ2n) is 3.65. The molecule has 0 bridgehead atoms. The molecule has 11 heteroatoms. The molecule has 0 aliphatic carbocycles. The van der Waals surface area contributed by atoms with Crippen LogP contribution >= 0.6 is 0 Å². The lowest BCUT2D eigenvalue weighted by molar-refractivity contribution is -0.388. The Morgan fingerprint density at radius 2 is 1.86 bits per heavy atom. The summed E-state index contributed by atoms with van der Waals surface area (Å²) in [6.45, 7) is 0. The topological polar surface area (TPSA) is 147 Å². The van der Waals surface area contributed by atoms with Crippen LogP contribution in [-0.4, -0.2) is 19.8 Å². The molecule has 0 saturated heterocycles. The molecule has 0 amide bonds. The molecule has 0 aliphatic heterocycles. The number of benzene rings is 1. The van der Waals surface area contributed by atoms with E-state index in [2.05, 4.69) is 9.97 Å². The molecule has 0 atom stereocenters. The van der Waals surface area contributed by atoms with Crippen LogP contribution in [0, 0.1) is 26.0 Å². The van der Waals surface area contributed by atoms with Crippen molar-refractivity contribution in [3.8, 4) is 11.6 Å². The van der Waals surface area contributed by atoms with Gasteiger partial charge < -0.3 is 10.5 Å². The predicted octanol–water partition coefficient (Wildman–Crippen LogP) is 1.81. The normalized spacial score (nSPS) is 10.1. The molecular weight excluding hydrogens is 289 g/mol. The van der Waals surface area contributed by atoms with Crippen molar-refractivity contribution >= 4 is 17.3 Å². The smallest absolute Gasteiger partial charge is 0.349 e. The van der Waals surface area contributed by atoms with Gasteiger partial charge in [-0.3, -0.25) is 20.2 Å². The second kappa shape index (κ2) is 5.32. The van der Waals surface area contributed by atoms with Gasteiger partial charge in [0.2, 0.25) is 11.7 Å². The molecule has 0 radical (unpaired) electrons. The third-order valence-electron chi connectivity index (χ3n) is 2.28. The average molecular weight is 295 g/mol. The summed E-state index contributed by atoms with van der Waals surface area (Å²) in [6.07, 6.45) is 0.799. The van der Waals surface area contributed by atoms with Crippen LogP contribution in [0.2, 0.25) is 0 Å². The molecule has 1 heterocycles. The van der Waals surface area contributed by atoms with Crippen molar-refractivity contribution in [2.24, 2.45) is 0 Å². The summed E-state index contributed by atoms with van der Waals surface area (Å²) in [5, 5.41) is 21.6. The van der Waals surface area contributed by atoms with Crippen LogP contribution in [0.1, 0.15) is 0 Å². The Morgan fingerprint density at radius 1 is 1.19 bits per heavy atom. The van der Waals surface area contributed by atoms with Gasteiger partial charge in [-0.15, -0.1) is 0 Å². The molecular formula is C10H6FN5O5. The third-order valence-corrected chi connectivity index (χ3v) is 2.28.